The maximum absolute atomic E-state index is 10.8. The largest absolute Gasteiger partial charge is 0.374 e. The minimum atomic E-state index is -0.414. The monoisotopic (exact) mass is 315 g/mol. The third-order valence-corrected chi connectivity index (χ3v) is 3.33. The third kappa shape index (κ3) is 2.86. The van der Waals surface area contributed by atoms with Gasteiger partial charge in [0.1, 0.15) is 0 Å². The first-order chi connectivity index (χ1) is 8.47. The van der Waals surface area contributed by atoms with Crippen LogP contribution >= 0.6 is 15.9 Å². The molecule has 1 fully saturated rings. The number of hydrogen-bond acceptors (Lipinski definition) is 5. The van der Waals surface area contributed by atoms with Crippen LogP contribution in [0.15, 0.2) is 22.7 Å². The molecule has 18 heavy (non-hydrogen) atoms. The maximum Gasteiger partial charge on any atom is 0.270 e. The smallest absolute Gasteiger partial charge is 0.270 e. The molecule has 6 nitrogen and oxygen atoms in total. The zero-order valence-electron chi connectivity index (χ0n) is 9.80. The zero-order chi connectivity index (χ0) is 13.3. The fourth-order valence-corrected chi connectivity index (χ4v) is 2.51. The third-order valence-electron chi connectivity index (χ3n) is 2.88. The van der Waals surface area contributed by atoms with E-state index in [1.807, 2.05) is 13.0 Å². The fraction of sp³-hybridized carbons (Fsp3) is 0.455. The topological polar surface area (TPSA) is 90.4 Å². The quantitative estimate of drug-likeness (QED) is 0.640. The van der Waals surface area contributed by atoms with Crippen LogP contribution in [0.5, 0.6) is 0 Å². The van der Waals surface area contributed by atoms with E-state index < -0.39 is 4.92 Å². The number of non-ortho nitro benzene ring substituents is 1. The van der Waals surface area contributed by atoms with Crippen molar-refractivity contribution in [3.8, 4) is 0 Å². The van der Waals surface area contributed by atoms with Crippen LogP contribution in [0.2, 0.25) is 0 Å². The Morgan fingerprint density at radius 2 is 2.28 bits per heavy atom. The van der Waals surface area contributed by atoms with Crippen molar-refractivity contribution in [2.75, 3.05) is 6.61 Å². The van der Waals surface area contributed by atoms with E-state index in [-0.39, 0.29) is 24.0 Å². The van der Waals surface area contributed by atoms with E-state index in [9.17, 15) is 10.1 Å². The van der Waals surface area contributed by atoms with Crippen molar-refractivity contribution in [2.45, 2.75) is 25.2 Å². The van der Waals surface area contributed by atoms with Gasteiger partial charge in [0.2, 0.25) is 0 Å². The lowest BCUT2D eigenvalue weighted by molar-refractivity contribution is -0.385. The molecular formula is C11H14BrN3O3. The van der Waals surface area contributed by atoms with Crippen LogP contribution in [0, 0.1) is 10.1 Å². The van der Waals surface area contributed by atoms with Gasteiger partial charge in [-0.05, 0) is 18.6 Å². The predicted octanol–water partition coefficient (Wildman–Crippen LogP) is 1.69. The average Bonchev–Trinajstić information content (AvgIpc) is 2.31. The molecule has 1 aromatic carbocycles. The van der Waals surface area contributed by atoms with E-state index in [1.165, 1.54) is 6.07 Å². The van der Waals surface area contributed by atoms with Crippen LogP contribution in [0.3, 0.4) is 0 Å². The van der Waals surface area contributed by atoms with E-state index in [2.05, 4.69) is 21.2 Å². The number of nitro benzene ring substituents is 1. The number of halogens is 1. The van der Waals surface area contributed by atoms with E-state index in [1.54, 1.807) is 6.07 Å². The second-order valence-electron chi connectivity index (χ2n) is 4.29. The van der Waals surface area contributed by atoms with Crippen molar-refractivity contribution >= 4 is 21.6 Å². The van der Waals surface area contributed by atoms with Crippen LogP contribution in [-0.4, -0.2) is 23.8 Å². The Morgan fingerprint density at radius 1 is 1.56 bits per heavy atom. The van der Waals surface area contributed by atoms with Gasteiger partial charge in [0.25, 0.3) is 5.69 Å². The lowest BCUT2D eigenvalue weighted by Crippen LogP contribution is -2.52. The fourth-order valence-electron chi connectivity index (χ4n) is 2.01. The lowest BCUT2D eigenvalue weighted by atomic mass is 10.00. The summed E-state index contributed by atoms with van der Waals surface area (Å²) < 4.78 is 6.19. The summed E-state index contributed by atoms with van der Waals surface area (Å²) in [5.74, 6) is 0. The maximum atomic E-state index is 10.8. The number of hydrogen-bond donors (Lipinski definition) is 2. The predicted molar refractivity (Wildman–Crippen MR) is 70.1 cm³/mol. The van der Waals surface area contributed by atoms with Gasteiger partial charge in [-0.3, -0.25) is 15.4 Å². The summed E-state index contributed by atoms with van der Waals surface area (Å²) >= 11 is 3.28. The highest BCUT2D eigenvalue weighted by Crippen LogP contribution is 2.29. The van der Waals surface area contributed by atoms with Crippen LogP contribution in [-0.2, 0) is 4.74 Å². The van der Waals surface area contributed by atoms with E-state index in [0.717, 1.165) is 5.56 Å². The average molecular weight is 316 g/mol. The van der Waals surface area contributed by atoms with Gasteiger partial charge in [-0.1, -0.05) is 15.9 Å². The second-order valence-corrected chi connectivity index (χ2v) is 5.20. The van der Waals surface area contributed by atoms with Gasteiger partial charge in [0.05, 0.1) is 29.8 Å². The summed E-state index contributed by atoms with van der Waals surface area (Å²) in [4.78, 5) is 10.4. The number of nitrogens with zero attached hydrogens (tertiary/aromatic N) is 1. The summed E-state index contributed by atoms with van der Waals surface area (Å²) in [5.41, 5.74) is 6.62. The minimum absolute atomic E-state index is 0.0486. The summed E-state index contributed by atoms with van der Waals surface area (Å²) in [5, 5.41) is 14.0. The first-order valence-electron chi connectivity index (χ1n) is 5.55. The summed E-state index contributed by atoms with van der Waals surface area (Å²) in [6.45, 7) is 2.35. The number of nitrogens with two attached hydrogens (primary N) is 1. The molecule has 2 rings (SSSR count). The van der Waals surface area contributed by atoms with E-state index in [4.69, 9.17) is 10.5 Å². The highest BCUT2D eigenvalue weighted by Gasteiger charge is 2.28. The molecule has 1 aliphatic rings. The van der Waals surface area contributed by atoms with Crippen LogP contribution in [0.4, 0.5) is 5.69 Å². The van der Waals surface area contributed by atoms with Crippen molar-refractivity contribution in [3.05, 3.63) is 38.3 Å². The molecule has 3 N–H and O–H groups in total. The number of nitrogens with one attached hydrogen (secondary N) is 1. The van der Waals surface area contributed by atoms with Crippen molar-refractivity contribution < 1.29 is 9.66 Å². The van der Waals surface area contributed by atoms with Crippen molar-refractivity contribution in [2.24, 2.45) is 5.73 Å². The van der Waals surface area contributed by atoms with Crippen LogP contribution < -0.4 is 11.1 Å². The van der Waals surface area contributed by atoms with Crippen molar-refractivity contribution in [3.63, 3.8) is 0 Å². The molecule has 0 amide bonds. The molecule has 0 aliphatic carbocycles. The van der Waals surface area contributed by atoms with Gasteiger partial charge in [-0.15, -0.1) is 0 Å². The molecule has 1 aliphatic heterocycles. The Balaban J connectivity index is 2.34. The second kappa shape index (κ2) is 5.31. The van der Waals surface area contributed by atoms with Crippen molar-refractivity contribution in [1.29, 1.82) is 0 Å². The summed E-state index contributed by atoms with van der Waals surface area (Å²) in [6.07, 6.45) is -0.344. The zero-order valence-corrected chi connectivity index (χ0v) is 11.4. The van der Waals surface area contributed by atoms with E-state index in [0.29, 0.717) is 11.1 Å². The Kier molecular flexibility index (Phi) is 3.96. The summed E-state index contributed by atoms with van der Waals surface area (Å²) in [6, 6.07) is 4.70. The van der Waals surface area contributed by atoms with Gasteiger partial charge in [0.15, 0.2) is 0 Å². The number of ether oxygens (including phenoxy) is 1. The van der Waals surface area contributed by atoms with E-state index >= 15 is 0 Å². The molecule has 0 radical (unpaired) electrons. The highest BCUT2D eigenvalue weighted by atomic mass is 79.9. The molecule has 0 aromatic heterocycles. The number of nitro groups is 1. The van der Waals surface area contributed by atoms with Gasteiger partial charge >= 0.3 is 0 Å². The Hall–Kier alpha value is -1.02. The first kappa shape index (κ1) is 13.4. The SMILES string of the molecule is CC1OCC(N)NC1c1cc(Br)cc([N+](=O)[O-])c1. The summed E-state index contributed by atoms with van der Waals surface area (Å²) in [7, 11) is 0. The number of morpholine rings is 1. The normalized spacial score (nSPS) is 28.1. The molecule has 0 spiro atoms. The van der Waals surface area contributed by atoms with Gasteiger partial charge in [-0.25, -0.2) is 0 Å². The molecule has 1 aromatic rings. The standard InChI is InChI=1S/C11H14BrN3O3/c1-6-11(14-10(13)5-18-6)7-2-8(12)4-9(3-7)15(16)17/h2-4,6,10-11,14H,5,13H2,1H3. The highest BCUT2D eigenvalue weighted by molar-refractivity contribution is 9.10. The minimum Gasteiger partial charge on any atom is -0.374 e. The molecule has 3 unspecified atom stereocenters. The molecule has 1 saturated heterocycles. The molecule has 0 bridgehead atoms. The first-order valence-corrected chi connectivity index (χ1v) is 6.35. The Morgan fingerprint density at radius 3 is 2.94 bits per heavy atom. The van der Waals surface area contributed by atoms with Crippen LogP contribution in [0.1, 0.15) is 18.5 Å². The van der Waals surface area contributed by atoms with Crippen LogP contribution in [0.25, 0.3) is 0 Å². The molecule has 98 valence electrons. The Bertz CT molecular complexity index is 469. The molecule has 0 saturated carbocycles. The number of benzene rings is 1. The van der Waals surface area contributed by atoms with Gasteiger partial charge in [0, 0.05) is 16.6 Å². The molecule has 1 heterocycles. The van der Waals surface area contributed by atoms with Crippen molar-refractivity contribution in [1.82, 2.24) is 5.32 Å². The molecular weight excluding hydrogens is 302 g/mol. The Labute approximate surface area is 113 Å². The number of rotatable bonds is 2. The molecule has 7 heteroatoms. The van der Waals surface area contributed by atoms with Gasteiger partial charge < -0.3 is 10.5 Å². The molecule has 3 atom stereocenters. The lowest BCUT2D eigenvalue weighted by Gasteiger charge is -2.34. The van der Waals surface area contributed by atoms with Gasteiger partial charge in [-0.2, -0.15) is 0 Å².